The van der Waals surface area contributed by atoms with Gasteiger partial charge in [-0.15, -0.1) is 0 Å². The van der Waals surface area contributed by atoms with Gasteiger partial charge in [-0.25, -0.2) is 14.6 Å². The van der Waals surface area contributed by atoms with E-state index in [2.05, 4.69) is 41.8 Å². The van der Waals surface area contributed by atoms with Crippen LogP contribution < -0.4 is 11.4 Å². The van der Waals surface area contributed by atoms with Gasteiger partial charge in [0.2, 0.25) is 0 Å². The van der Waals surface area contributed by atoms with Gasteiger partial charge in [-0.3, -0.25) is 4.40 Å². The molecule has 8 heteroatoms. The molecule has 0 radical (unpaired) electrons. The summed E-state index contributed by atoms with van der Waals surface area (Å²) in [7, 11) is 0. The van der Waals surface area contributed by atoms with Crippen molar-refractivity contribution >= 4 is 37.5 Å². The largest absolute Gasteiger partial charge is 0.359 e. The second-order valence-electron chi connectivity index (χ2n) is 4.84. The second-order valence-corrected chi connectivity index (χ2v) is 6.67. The zero-order valence-corrected chi connectivity index (χ0v) is 14.8. The zero-order chi connectivity index (χ0) is 16.0. The van der Waals surface area contributed by atoms with Crippen molar-refractivity contribution in [3.63, 3.8) is 0 Å². The third-order valence-electron chi connectivity index (χ3n) is 3.21. The molecule has 22 heavy (non-hydrogen) atoms. The normalized spacial score (nSPS) is 11.1. The molecule has 0 spiro atoms. The molecule has 0 aliphatic carbocycles. The smallest absolute Gasteiger partial charge is 0.251 e. The average molecular weight is 426 g/mol. The van der Waals surface area contributed by atoms with E-state index in [-0.39, 0.29) is 5.82 Å². The van der Waals surface area contributed by atoms with Crippen molar-refractivity contribution in [1.82, 2.24) is 18.9 Å². The van der Waals surface area contributed by atoms with E-state index in [1.165, 1.54) is 10.6 Å². The highest BCUT2D eigenvalue weighted by atomic mass is 79.9. The lowest BCUT2D eigenvalue weighted by molar-refractivity contribution is 0.767. The molecule has 0 amide bonds. The van der Waals surface area contributed by atoms with E-state index >= 15 is 0 Å². The van der Waals surface area contributed by atoms with Crippen LogP contribution in [0, 0.1) is 13.8 Å². The predicted octanol–water partition coefficient (Wildman–Crippen LogP) is 2.38. The molecule has 3 rings (SSSR count). The van der Waals surface area contributed by atoms with E-state index in [0.29, 0.717) is 11.2 Å². The van der Waals surface area contributed by atoms with Crippen molar-refractivity contribution in [2.24, 2.45) is 0 Å². The van der Waals surface area contributed by atoms with E-state index in [0.717, 1.165) is 19.1 Å². The summed E-state index contributed by atoms with van der Waals surface area (Å²) in [6.07, 6.45) is 3.12. The molecule has 0 saturated carbocycles. The Bertz CT molecular complexity index is 1020. The Kier molecular flexibility index (Phi) is 3.73. The van der Waals surface area contributed by atoms with Crippen LogP contribution in [0.5, 0.6) is 0 Å². The quantitative estimate of drug-likeness (QED) is 0.600. The monoisotopic (exact) mass is 424 g/mol. The first-order valence-corrected chi connectivity index (χ1v) is 7.91. The number of hydrogen-bond acceptors (Lipinski definition) is 4. The maximum atomic E-state index is 12.7. The number of pyridine rings is 2. The first-order valence-electron chi connectivity index (χ1n) is 6.32. The third-order valence-corrected chi connectivity index (χ3v) is 4.07. The molecule has 0 saturated heterocycles. The SMILES string of the molecule is Cc1cc(Br)cnc1-n1c(=O)nc2c(C)cc(Br)cn2c1=O. The fourth-order valence-corrected chi connectivity index (χ4v) is 3.24. The zero-order valence-electron chi connectivity index (χ0n) is 11.7. The highest BCUT2D eigenvalue weighted by molar-refractivity contribution is 9.10. The van der Waals surface area contributed by atoms with Gasteiger partial charge in [0, 0.05) is 21.3 Å². The number of halogens is 2. The predicted molar refractivity (Wildman–Crippen MR) is 89.7 cm³/mol. The summed E-state index contributed by atoms with van der Waals surface area (Å²) < 4.78 is 3.81. The van der Waals surface area contributed by atoms with Gasteiger partial charge in [-0.05, 0) is 69.0 Å². The topological polar surface area (TPSA) is 69.3 Å². The molecule has 0 bridgehead atoms. The number of rotatable bonds is 1. The van der Waals surface area contributed by atoms with Crippen molar-refractivity contribution in [2.75, 3.05) is 0 Å². The Morgan fingerprint density at radius 1 is 1.05 bits per heavy atom. The molecule has 112 valence electrons. The summed E-state index contributed by atoms with van der Waals surface area (Å²) >= 11 is 6.65. The van der Waals surface area contributed by atoms with Crippen LogP contribution in [-0.4, -0.2) is 18.9 Å². The molecule has 3 aromatic rings. The molecule has 6 nitrogen and oxygen atoms in total. The first kappa shape index (κ1) is 15.1. The molecule has 0 N–H and O–H groups in total. The molecular weight excluding hydrogens is 416 g/mol. The molecule has 0 aliphatic heterocycles. The van der Waals surface area contributed by atoms with Crippen LogP contribution in [0.1, 0.15) is 11.1 Å². The molecule has 0 fully saturated rings. The number of aryl methyl sites for hydroxylation is 2. The Morgan fingerprint density at radius 3 is 2.41 bits per heavy atom. The molecule has 0 unspecified atom stereocenters. The van der Waals surface area contributed by atoms with Crippen molar-refractivity contribution in [2.45, 2.75) is 13.8 Å². The van der Waals surface area contributed by atoms with Gasteiger partial charge in [0.15, 0.2) is 0 Å². The van der Waals surface area contributed by atoms with Gasteiger partial charge in [0.1, 0.15) is 11.5 Å². The van der Waals surface area contributed by atoms with Crippen LogP contribution in [0.25, 0.3) is 11.5 Å². The highest BCUT2D eigenvalue weighted by Crippen LogP contribution is 2.16. The standard InChI is InChI=1S/C14H10Br2N4O2/c1-7-3-9(15)5-17-11(7)20-13(21)18-12-8(2)4-10(16)6-19(12)14(20)22/h3-6H,1-2H3. The lowest BCUT2D eigenvalue weighted by Gasteiger charge is -2.10. The number of nitrogens with zero attached hydrogens (tertiary/aromatic N) is 4. The summed E-state index contributed by atoms with van der Waals surface area (Å²) in [4.78, 5) is 33.2. The van der Waals surface area contributed by atoms with Crippen LogP contribution in [0.15, 0.2) is 43.1 Å². The van der Waals surface area contributed by atoms with Crippen LogP contribution >= 0.6 is 31.9 Å². The molecule has 3 heterocycles. The molecule has 3 aromatic heterocycles. The van der Waals surface area contributed by atoms with Crippen molar-refractivity contribution < 1.29 is 0 Å². The summed E-state index contributed by atoms with van der Waals surface area (Å²) in [5, 5.41) is 0. The Labute approximate surface area is 141 Å². The van der Waals surface area contributed by atoms with Crippen LogP contribution in [0.4, 0.5) is 0 Å². The summed E-state index contributed by atoms with van der Waals surface area (Å²) in [6, 6.07) is 3.59. The van der Waals surface area contributed by atoms with Crippen molar-refractivity contribution in [3.8, 4) is 5.82 Å². The van der Waals surface area contributed by atoms with Gasteiger partial charge >= 0.3 is 11.4 Å². The van der Waals surface area contributed by atoms with Crippen molar-refractivity contribution in [3.05, 3.63) is 65.6 Å². The van der Waals surface area contributed by atoms with E-state index in [9.17, 15) is 9.59 Å². The first-order chi connectivity index (χ1) is 10.4. The number of fused-ring (bicyclic) bond motifs is 1. The lowest BCUT2D eigenvalue weighted by Crippen LogP contribution is -2.39. The fourth-order valence-electron chi connectivity index (χ4n) is 2.25. The van der Waals surface area contributed by atoms with Gasteiger partial charge in [-0.2, -0.15) is 9.55 Å². The molecule has 0 aliphatic rings. The highest BCUT2D eigenvalue weighted by Gasteiger charge is 2.14. The summed E-state index contributed by atoms with van der Waals surface area (Å²) in [5.41, 5.74) is 0.619. The maximum Gasteiger partial charge on any atom is 0.359 e. The van der Waals surface area contributed by atoms with Gasteiger partial charge in [0.05, 0.1) is 0 Å². The fraction of sp³-hybridized carbons (Fsp3) is 0.143. The molecule has 0 atom stereocenters. The molecular formula is C14H10Br2N4O2. The summed E-state index contributed by atoms with van der Waals surface area (Å²) in [5.74, 6) is 0.276. The average Bonchev–Trinajstić information content (AvgIpc) is 2.42. The minimum absolute atomic E-state index is 0.276. The minimum atomic E-state index is -0.645. The van der Waals surface area contributed by atoms with Crippen molar-refractivity contribution in [1.29, 1.82) is 0 Å². The van der Waals surface area contributed by atoms with Gasteiger partial charge < -0.3 is 0 Å². The van der Waals surface area contributed by atoms with Crippen LogP contribution in [0.3, 0.4) is 0 Å². The third kappa shape index (κ3) is 2.42. The van der Waals surface area contributed by atoms with Gasteiger partial charge in [-0.1, -0.05) is 0 Å². The summed E-state index contributed by atoms with van der Waals surface area (Å²) in [6.45, 7) is 3.57. The Hall–Kier alpha value is -1.80. The van der Waals surface area contributed by atoms with E-state index in [1.807, 2.05) is 0 Å². The van der Waals surface area contributed by atoms with E-state index in [4.69, 9.17) is 0 Å². The van der Waals surface area contributed by atoms with E-state index in [1.54, 1.807) is 32.2 Å². The maximum absolute atomic E-state index is 12.7. The Morgan fingerprint density at radius 2 is 1.73 bits per heavy atom. The van der Waals surface area contributed by atoms with E-state index < -0.39 is 11.4 Å². The molecule has 0 aromatic carbocycles. The number of aromatic nitrogens is 4. The van der Waals surface area contributed by atoms with Crippen LogP contribution in [0.2, 0.25) is 0 Å². The Balaban J connectivity index is 2.46. The second kappa shape index (κ2) is 5.44. The minimum Gasteiger partial charge on any atom is -0.251 e. The van der Waals surface area contributed by atoms with Crippen LogP contribution in [-0.2, 0) is 0 Å². The number of hydrogen-bond donors (Lipinski definition) is 0. The van der Waals surface area contributed by atoms with Gasteiger partial charge in [0.25, 0.3) is 0 Å². The lowest BCUT2D eigenvalue weighted by atomic mass is 10.3.